The van der Waals surface area contributed by atoms with Crippen molar-refractivity contribution in [3.8, 4) is 0 Å². The maximum atomic E-state index is 11.5. The third-order valence-electron chi connectivity index (χ3n) is 3.26. The van der Waals surface area contributed by atoms with Crippen LogP contribution in [0.3, 0.4) is 0 Å². The van der Waals surface area contributed by atoms with Gasteiger partial charge < -0.3 is 10.4 Å². The third kappa shape index (κ3) is 1.81. The normalized spacial score (nSPS) is 19.3. The van der Waals surface area contributed by atoms with Crippen LogP contribution in [0.1, 0.15) is 18.4 Å². The number of carboxylic acid groups (broad SMARTS) is 1. The van der Waals surface area contributed by atoms with Crippen LogP contribution in [0.25, 0.3) is 0 Å². The first-order valence-corrected chi connectivity index (χ1v) is 5.74. The number of rotatable bonds is 2. The number of nitrogens with one attached hydrogen (secondary N) is 1. The summed E-state index contributed by atoms with van der Waals surface area (Å²) in [6.07, 6.45) is 1.18. The Labute approximate surface area is 99.4 Å². The predicted octanol–water partition coefficient (Wildman–Crippen LogP) is 2.05. The Morgan fingerprint density at radius 2 is 1.94 bits per heavy atom. The highest BCUT2D eigenvalue weighted by Gasteiger charge is 2.42. The average Bonchev–Trinajstić information content (AvgIpc) is 2.30. The van der Waals surface area contributed by atoms with Gasteiger partial charge in [0.05, 0.1) is 5.41 Å². The second-order valence-electron chi connectivity index (χ2n) is 4.12. The fourth-order valence-corrected chi connectivity index (χ4v) is 2.62. The van der Waals surface area contributed by atoms with E-state index in [1.54, 1.807) is 6.07 Å². The lowest BCUT2D eigenvalue weighted by molar-refractivity contribution is -0.145. The Hall–Kier alpha value is -1.06. The molecule has 0 aliphatic carbocycles. The minimum atomic E-state index is -0.816. The Balaban J connectivity index is 2.47. The van der Waals surface area contributed by atoms with Crippen LogP contribution in [0.2, 0.25) is 5.02 Å². The minimum absolute atomic E-state index is 0.548. The molecule has 2 rings (SSSR count). The predicted molar refractivity (Wildman–Crippen MR) is 62.9 cm³/mol. The number of carboxylic acids is 1. The molecule has 1 aromatic rings. The molecule has 0 aromatic heterocycles. The molecule has 0 spiro atoms. The molecular formula is C12H14ClNO2. The summed E-state index contributed by atoms with van der Waals surface area (Å²) in [4.78, 5) is 11.5. The van der Waals surface area contributed by atoms with Gasteiger partial charge >= 0.3 is 5.97 Å². The maximum absolute atomic E-state index is 11.5. The summed E-state index contributed by atoms with van der Waals surface area (Å²) in [7, 11) is 0. The lowest BCUT2D eigenvalue weighted by Gasteiger charge is -2.34. The largest absolute Gasteiger partial charge is 0.481 e. The van der Waals surface area contributed by atoms with Crippen LogP contribution in [0.4, 0.5) is 0 Å². The van der Waals surface area contributed by atoms with Gasteiger partial charge in [-0.2, -0.15) is 0 Å². The lowest BCUT2D eigenvalue weighted by atomic mass is 9.73. The van der Waals surface area contributed by atoms with Crippen LogP contribution in [0.15, 0.2) is 24.3 Å². The molecule has 0 unspecified atom stereocenters. The molecular weight excluding hydrogens is 226 g/mol. The summed E-state index contributed by atoms with van der Waals surface area (Å²) in [5.41, 5.74) is -0.0745. The van der Waals surface area contributed by atoms with Crippen LogP contribution in [-0.2, 0) is 10.2 Å². The highest BCUT2D eigenvalue weighted by molar-refractivity contribution is 6.31. The average molecular weight is 240 g/mol. The number of aliphatic carboxylic acids is 1. The van der Waals surface area contributed by atoms with Crippen molar-refractivity contribution < 1.29 is 9.90 Å². The van der Waals surface area contributed by atoms with Crippen LogP contribution in [0.5, 0.6) is 0 Å². The molecule has 2 N–H and O–H groups in total. The van der Waals surface area contributed by atoms with E-state index >= 15 is 0 Å². The smallest absolute Gasteiger partial charge is 0.314 e. The van der Waals surface area contributed by atoms with Crippen LogP contribution in [0, 0.1) is 0 Å². The van der Waals surface area contributed by atoms with Gasteiger partial charge in [0.1, 0.15) is 0 Å². The monoisotopic (exact) mass is 239 g/mol. The molecule has 4 heteroatoms. The molecule has 0 atom stereocenters. The molecule has 0 amide bonds. The Kier molecular flexibility index (Phi) is 3.17. The van der Waals surface area contributed by atoms with Gasteiger partial charge in [-0.15, -0.1) is 0 Å². The fourth-order valence-electron chi connectivity index (χ4n) is 2.30. The van der Waals surface area contributed by atoms with Crippen molar-refractivity contribution in [3.63, 3.8) is 0 Å². The zero-order chi connectivity index (χ0) is 11.6. The first kappa shape index (κ1) is 11.4. The van der Waals surface area contributed by atoms with Crippen molar-refractivity contribution in [3.05, 3.63) is 34.9 Å². The number of carbonyl (C=O) groups is 1. The first-order chi connectivity index (χ1) is 7.67. The van der Waals surface area contributed by atoms with E-state index in [1.165, 1.54) is 0 Å². The lowest BCUT2D eigenvalue weighted by Crippen LogP contribution is -2.45. The summed E-state index contributed by atoms with van der Waals surface area (Å²) in [5, 5.41) is 13.2. The number of piperidine rings is 1. The number of halogens is 1. The molecule has 1 aliphatic heterocycles. The third-order valence-corrected chi connectivity index (χ3v) is 3.59. The van der Waals surface area contributed by atoms with Crippen LogP contribution in [-0.4, -0.2) is 24.2 Å². The molecule has 0 bridgehead atoms. The zero-order valence-corrected chi connectivity index (χ0v) is 9.63. The molecule has 1 saturated heterocycles. The zero-order valence-electron chi connectivity index (χ0n) is 8.87. The second kappa shape index (κ2) is 4.44. The van der Waals surface area contributed by atoms with Gasteiger partial charge in [-0.3, -0.25) is 4.79 Å². The molecule has 1 fully saturated rings. The molecule has 0 radical (unpaired) electrons. The maximum Gasteiger partial charge on any atom is 0.314 e. The standard InChI is InChI=1S/C12H14ClNO2/c13-10-4-2-1-3-9(10)12(11(15)16)5-7-14-8-6-12/h1-4,14H,5-8H2,(H,15,16). The SMILES string of the molecule is O=C(O)C1(c2ccccc2Cl)CCNCC1. The summed E-state index contributed by atoms with van der Waals surface area (Å²) >= 11 is 6.11. The van der Waals surface area contributed by atoms with E-state index in [0.717, 1.165) is 18.7 Å². The summed E-state index contributed by atoms with van der Waals surface area (Å²) in [5.74, 6) is -0.776. The summed E-state index contributed by atoms with van der Waals surface area (Å²) in [6, 6.07) is 7.24. The van der Waals surface area contributed by atoms with Crippen molar-refractivity contribution in [2.45, 2.75) is 18.3 Å². The number of hydrogen-bond donors (Lipinski definition) is 2. The van der Waals surface area contributed by atoms with Crippen molar-refractivity contribution in [1.82, 2.24) is 5.32 Å². The van der Waals surface area contributed by atoms with E-state index in [0.29, 0.717) is 17.9 Å². The highest BCUT2D eigenvalue weighted by Crippen LogP contribution is 2.37. The van der Waals surface area contributed by atoms with E-state index in [2.05, 4.69) is 5.32 Å². The minimum Gasteiger partial charge on any atom is -0.481 e. The van der Waals surface area contributed by atoms with Gasteiger partial charge in [-0.1, -0.05) is 29.8 Å². The van der Waals surface area contributed by atoms with E-state index < -0.39 is 11.4 Å². The van der Waals surface area contributed by atoms with Gasteiger partial charge in [0.25, 0.3) is 0 Å². The van der Waals surface area contributed by atoms with Crippen molar-refractivity contribution in [2.24, 2.45) is 0 Å². The Morgan fingerprint density at radius 1 is 1.31 bits per heavy atom. The first-order valence-electron chi connectivity index (χ1n) is 5.36. The molecule has 1 aromatic carbocycles. The topological polar surface area (TPSA) is 49.3 Å². The quantitative estimate of drug-likeness (QED) is 0.831. The van der Waals surface area contributed by atoms with Gasteiger partial charge in [0, 0.05) is 5.02 Å². The van der Waals surface area contributed by atoms with Gasteiger partial charge in [-0.25, -0.2) is 0 Å². The van der Waals surface area contributed by atoms with E-state index in [4.69, 9.17) is 11.6 Å². The van der Waals surface area contributed by atoms with Gasteiger partial charge in [-0.05, 0) is 37.6 Å². The van der Waals surface area contributed by atoms with E-state index in [9.17, 15) is 9.90 Å². The molecule has 1 heterocycles. The molecule has 3 nitrogen and oxygen atoms in total. The van der Waals surface area contributed by atoms with Crippen molar-refractivity contribution in [1.29, 1.82) is 0 Å². The second-order valence-corrected chi connectivity index (χ2v) is 4.52. The summed E-state index contributed by atoms with van der Waals surface area (Å²) < 4.78 is 0. The molecule has 0 saturated carbocycles. The van der Waals surface area contributed by atoms with Gasteiger partial charge in [0.2, 0.25) is 0 Å². The van der Waals surface area contributed by atoms with E-state index in [1.807, 2.05) is 18.2 Å². The Bertz CT molecular complexity index is 400. The van der Waals surface area contributed by atoms with Crippen molar-refractivity contribution >= 4 is 17.6 Å². The Morgan fingerprint density at radius 3 is 2.50 bits per heavy atom. The van der Waals surface area contributed by atoms with Crippen molar-refractivity contribution in [2.75, 3.05) is 13.1 Å². The molecule has 86 valence electrons. The number of benzene rings is 1. The van der Waals surface area contributed by atoms with Crippen LogP contribution < -0.4 is 5.32 Å². The highest BCUT2D eigenvalue weighted by atomic mass is 35.5. The number of hydrogen-bond acceptors (Lipinski definition) is 2. The molecule has 1 aliphatic rings. The molecule has 16 heavy (non-hydrogen) atoms. The summed E-state index contributed by atoms with van der Waals surface area (Å²) in [6.45, 7) is 1.44. The van der Waals surface area contributed by atoms with Gasteiger partial charge in [0.15, 0.2) is 0 Å². The van der Waals surface area contributed by atoms with Crippen LogP contribution >= 0.6 is 11.6 Å². The van der Waals surface area contributed by atoms with E-state index in [-0.39, 0.29) is 0 Å². The fraction of sp³-hybridized carbons (Fsp3) is 0.417.